The fourth-order valence-electron chi connectivity index (χ4n) is 4.27. The van der Waals surface area contributed by atoms with Crippen LogP contribution in [-0.2, 0) is 22.5 Å². The zero-order valence-corrected chi connectivity index (χ0v) is 19.1. The smallest absolute Gasteiger partial charge is 0.205 e. The average Bonchev–Trinajstić information content (AvgIpc) is 3.12. The minimum absolute atomic E-state index is 0.0941. The van der Waals surface area contributed by atoms with Gasteiger partial charge in [0.05, 0.1) is 46.4 Å². The van der Waals surface area contributed by atoms with Gasteiger partial charge in [0.1, 0.15) is 5.15 Å². The quantitative estimate of drug-likeness (QED) is 0.462. The highest BCUT2D eigenvalue weighted by Gasteiger charge is 2.32. The molecule has 5 rings (SSSR count). The molecule has 31 heavy (non-hydrogen) atoms. The van der Waals surface area contributed by atoms with Gasteiger partial charge in [-0.05, 0) is 43.7 Å². The van der Waals surface area contributed by atoms with Crippen molar-refractivity contribution < 1.29 is 14.3 Å². The average molecular weight is 458 g/mol. The molecule has 8 heteroatoms. The molecule has 1 aromatic carbocycles. The Hall–Kier alpha value is -2.19. The minimum Gasteiger partial charge on any atom is -0.397 e. The van der Waals surface area contributed by atoms with E-state index in [0.717, 1.165) is 53.3 Å². The Morgan fingerprint density at radius 1 is 1.23 bits per heavy atom. The summed E-state index contributed by atoms with van der Waals surface area (Å²) in [5, 5.41) is 1.22. The Morgan fingerprint density at radius 2 is 1.94 bits per heavy atom. The number of aromatic nitrogens is 1. The molecule has 0 radical (unpaired) electrons. The highest BCUT2D eigenvalue weighted by atomic mass is 35.5. The Kier molecular flexibility index (Phi) is 5.17. The van der Waals surface area contributed by atoms with Crippen molar-refractivity contribution in [3.63, 3.8) is 0 Å². The Bertz CT molecular complexity index is 1170. The summed E-state index contributed by atoms with van der Waals surface area (Å²) in [5.74, 6) is -0.0941. The first-order valence-electron chi connectivity index (χ1n) is 10.3. The highest BCUT2D eigenvalue weighted by molar-refractivity contribution is 7.22. The second kappa shape index (κ2) is 7.74. The Morgan fingerprint density at radius 3 is 2.65 bits per heavy atom. The Balaban J connectivity index is 1.52. The van der Waals surface area contributed by atoms with Crippen LogP contribution in [0.25, 0.3) is 10.1 Å². The molecule has 2 aliphatic rings. The van der Waals surface area contributed by atoms with Crippen LogP contribution in [0.1, 0.15) is 40.3 Å². The van der Waals surface area contributed by atoms with Gasteiger partial charge in [-0.2, -0.15) is 0 Å². The van der Waals surface area contributed by atoms with E-state index in [1.165, 1.54) is 11.3 Å². The molecule has 2 N–H and O–H groups in total. The summed E-state index contributed by atoms with van der Waals surface area (Å²) in [7, 11) is 0. The molecule has 0 aliphatic carbocycles. The van der Waals surface area contributed by atoms with Crippen molar-refractivity contribution in [2.75, 3.05) is 36.9 Å². The van der Waals surface area contributed by atoms with Gasteiger partial charge >= 0.3 is 0 Å². The number of carbonyl (C=O) groups excluding carboxylic acids is 1. The molecule has 1 saturated heterocycles. The number of thiophene rings is 1. The van der Waals surface area contributed by atoms with E-state index in [1.807, 2.05) is 38.1 Å². The number of ether oxygens (including phenoxy) is 2. The van der Waals surface area contributed by atoms with Gasteiger partial charge in [-0.3, -0.25) is 4.79 Å². The van der Waals surface area contributed by atoms with Crippen LogP contribution >= 0.6 is 22.9 Å². The summed E-state index contributed by atoms with van der Waals surface area (Å²) in [4.78, 5) is 20.6. The molecule has 0 spiro atoms. The van der Waals surface area contributed by atoms with E-state index in [4.69, 9.17) is 26.8 Å². The van der Waals surface area contributed by atoms with E-state index < -0.39 is 0 Å². The summed E-state index contributed by atoms with van der Waals surface area (Å²) in [6.07, 6.45) is 0.672. The van der Waals surface area contributed by atoms with Crippen LogP contribution in [0.2, 0.25) is 5.15 Å². The van der Waals surface area contributed by atoms with E-state index in [2.05, 4.69) is 9.88 Å². The van der Waals surface area contributed by atoms with Crippen molar-refractivity contribution >= 4 is 50.2 Å². The summed E-state index contributed by atoms with van der Waals surface area (Å²) in [6, 6.07) is 7.70. The lowest BCUT2D eigenvalue weighted by Gasteiger charge is -2.31. The molecule has 0 saturated carbocycles. The summed E-state index contributed by atoms with van der Waals surface area (Å²) < 4.78 is 12.1. The fraction of sp³-hybridized carbons (Fsp3) is 0.391. The van der Waals surface area contributed by atoms with Crippen molar-refractivity contribution in [2.24, 2.45) is 0 Å². The van der Waals surface area contributed by atoms with Gasteiger partial charge in [-0.25, -0.2) is 4.98 Å². The molecule has 0 bridgehead atoms. The van der Waals surface area contributed by atoms with Gasteiger partial charge in [0, 0.05) is 36.1 Å². The standard InChI is InChI=1S/C23H24ClN3O3S/c1-23(2)11-15-16(12-30-23)26-22(24)20-17(15)18(25)21(31-20)19(28)13-3-5-14(6-4-13)27-7-9-29-10-8-27/h3-6H,7-12,25H2,1-2H3. The molecule has 2 aromatic heterocycles. The fourth-order valence-corrected chi connectivity index (χ4v) is 5.67. The van der Waals surface area contributed by atoms with Crippen molar-refractivity contribution in [1.29, 1.82) is 0 Å². The topological polar surface area (TPSA) is 77.7 Å². The number of carbonyl (C=O) groups is 1. The first kappa shape index (κ1) is 20.7. The number of morpholine rings is 1. The maximum Gasteiger partial charge on any atom is 0.205 e. The lowest BCUT2D eigenvalue weighted by atomic mass is 9.91. The van der Waals surface area contributed by atoms with E-state index in [9.17, 15) is 4.79 Å². The zero-order valence-electron chi connectivity index (χ0n) is 17.5. The van der Waals surface area contributed by atoms with Crippen LogP contribution in [0.5, 0.6) is 0 Å². The number of nitrogens with two attached hydrogens (primary N) is 1. The number of hydrogen-bond donors (Lipinski definition) is 1. The molecule has 6 nitrogen and oxygen atoms in total. The van der Waals surface area contributed by atoms with E-state index in [1.54, 1.807) is 0 Å². The van der Waals surface area contributed by atoms with Crippen molar-refractivity contribution in [3.8, 4) is 0 Å². The number of hydrogen-bond acceptors (Lipinski definition) is 7. The molecule has 162 valence electrons. The number of rotatable bonds is 3. The molecule has 0 atom stereocenters. The van der Waals surface area contributed by atoms with Crippen LogP contribution in [0, 0.1) is 0 Å². The van der Waals surface area contributed by atoms with E-state index in [0.29, 0.717) is 34.3 Å². The van der Waals surface area contributed by atoms with Gasteiger partial charge in [-0.15, -0.1) is 11.3 Å². The predicted octanol–water partition coefficient (Wildman–Crippen LogP) is 4.45. The van der Waals surface area contributed by atoms with Crippen molar-refractivity contribution in [2.45, 2.75) is 32.5 Å². The monoisotopic (exact) mass is 457 g/mol. The molecule has 0 amide bonds. The number of benzene rings is 1. The third-order valence-electron chi connectivity index (χ3n) is 5.93. The number of nitrogen functional groups attached to an aromatic ring is 1. The number of pyridine rings is 1. The van der Waals surface area contributed by atoms with E-state index in [-0.39, 0.29) is 11.4 Å². The predicted molar refractivity (Wildman–Crippen MR) is 125 cm³/mol. The van der Waals surface area contributed by atoms with Crippen LogP contribution in [0.4, 0.5) is 11.4 Å². The maximum atomic E-state index is 13.3. The molecule has 1 fully saturated rings. The Labute approximate surface area is 189 Å². The van der Waals surface area contributed by atoms with E-state index >= 15 is 0 Å². The van der Waals surface area contributed by atoms with Crippen molar-refractivity contribution in [3.05, 3.63) is 51.1 Å². The largest absolute Gasteiger partial charge is 0.397 e. The van der Waals surface area contributed by atoms with Crippen LogP contribution in [-0.4, -0.2) is 42.7 Å². The maximum absolute atomic E-state index is 13.3. The second-order valence-corrected chi connectivity index (χ2v) is 9.96. The lowest BCUT2D eigenvalue weighted by molar-refractivity contribution is -0.0415. The normalized spacial score (nSPS) is 18.2. The van der Waals surface area contributed by atoms with Gasteiger partial charge in [0.15, 0.2) is 0 Å². The second-order valence-electron chi connectivity index (χ2n) is 8.58. The molecular weight excluding hydrogens is 434 g/mol. The number of ketones is 1. The molecule has 2 aliphatic heterocycles. The van der Waals surface area contributed by atoms with Gasteiger partial charge in [-0.1, -0.05) is 11.6 Å². The third-order valence-corrected chi connectivity index (χ3v) is 7.53. The van der Waals surface area contributed by atoms with Crippen LogP contribution in [0.15, 0.2) is 24.3 Å². The minimum atomic E-state index is -0.316. The number of halogens is 1. The number of fused-ring (bicyclic) bond motifs is 3. The van der Waals surface area contributed by atoms with Gasteiger partial charge in [0.25, 0.3) is 0 Å². The van der Waals surface area contributed by atoms with Crippen LogP contribution < -0.4 is 10.6 Å². The van der Waals surface area contributed by atoms with Crippen LogP contribution in [0.3, 0.4) is 0 Å². The first-order valence-corrected chi connectivity index (χ1v) is 11.5. The first-order chi connectivity index (χ1) is 14.8. The molecule has 0 unspecified atom stereocenters. The summed E-state index contributed by atoms with van der Waals surface area (Å²) in [5.41, 5.74) is 10.2. The number of nitrogens with zero attached hydrogens (tertiary/aromatic N) is 2. The summed E-state index contributed by atoms with van der Waals surface area (Å²) >= 11 is 7.79. The van der Waals surface area contributed by atoms with Gasteiger partial charge in [0.2, 0.25) is 5.78 Å². The SMILES string of the molecule is CC1(C)Cc2c(nc(Cl)c3sc(C(=O)c4ccc(N5CCOCC5)cc4)c(N)c23)CO1. The van der Waals surface area contributed by atoms with Gasteiger partial charge < -0.3 is 20.1 Å². The molecule has 3 aromatic rings. The summed E-state index contributed by atoms with van der Waals surface area (Å²) in [6.45, 7) is 7.63. The third kappa shape index (κ3) is 3.69. The lowest BCUT2D eigenvalue weighted by Crippen LogP contribution is -2.36. The molecular formula is C23H24ClN3O3S. The zero-order chi connectivity index (χ0) is 21.8. The highest BCUT2D eigenvalue weighted by Crippen LogP contribution is 2.44. The number of anilines is 2. The van der Waals surface area contributed by atoms with Crippen molar-refractivity contribution in [1.82, 2.24) is 4.98 Å². The molecule has 4 heterocycles.